The molecule has 0 aliphatic carbocycles. The van der Waals surface area contributed by atoms with E-state index in [2.05, 4.69) is 4.98 Å². The number of carboxylic acid groups (broad SMARTS) is 1. The van der Waals surface area contributed by atoms with Crippen molar-refractivity contribution >= 4 is 22.3 Å². The van der Waals surface area contributed by atoms with Gasteiger partial charge in [0.25, 0.3) is 0 Å². The molecule has 0 saturated heterocycles. The van der Waals surface area contributed by atoms with Gasteiger partial charge >= 0.3 is 5.97 Å². The van der Waals surface area contributed by atoms with Crippen LogP contribution in [0.15, 0.2) is 35.8 Å². The first-order valence-electron chi connectivity index (χ1n) is 6.12. The van der Waals surface area contributed by atoms with Gasteiger partial charge in [-0.05, 0) is 19.1 Å². The van der Waals surface area contributed by atoms with Crippen LogP contribution in [-0.4, -0.2) is 27.1 Å². The lowest BCUT2D eigenvalue weighted by molar-refractivity contribution is 0.0689. The number of aromatic nitrogens is 2. The maximum absolute atomic E-state index is 11.3. The number of ether oxygens (including phenoxy) is 1. The van der Waals surface area contributed by atoms with Crippen LogP contribution in [0, 0.1) is 0 Å². The summed E-state index contributed by atoms with van der Waals surface area (Å²) in [5.74, 6) is -0.259. The van der Waals surface area contributed by atoms with Crippen molar-refractivity contribution in [2.45, 2.75) is 6.92 Å². The first-order chi connectivity index (χ1) is 9.72. The summed E-state index contributed by atoms with van der Waals surface area (Å²) in [7, 11) is 0. The lowest BCUT2D eigenvalue weighted by Crippen LogP contribution is -2.02. The maximum atomic E-state index is 11.3. The highest BCUT2D eigenvalue weighted by molar-refractivity contribution is 7.15. The van der Waals surface area contributed by atoms with Crippen LogP contribution in [0.25, 0.3) is 16.2 Å². The van der Waals surface area contributed by atoms with Crippen LogP contribution in [0.5, 0.6) is 5.75 Å². The summed E-state index contributed by atoms with van der Waals surface area (Å²) in [5, 5.41) is 11.1. The van der Waals surface area contributed by atoms with Gasteiger partial charge in [-0.25, -0.2) is 9.78 Å². The van der Waals surface area contributed by atoms with E-state index in [0.29, 0.717) is 11.6 Å². The third kappa shape index (κ3) is 1.94. The number of nitrogens with zero attached hydrogens (tertiary/aromatic N) is 2. The van der Waals surface area contributed by atoms with Gasteiger partial charge in [0.05, 0.1) is 18.5 Å². The first kappa shape index (κ1) is 12.7. The Morgan fingerprint density at radius 3 is 3.00 bits per heavy atom. The molecule has 20 heavy (non-hydrogen) atoms. The molecule has 0 aliphatic rings. The van der Waals surface area contributed by atoms with Crippen molar-refractivity contribution in [2.75, 3.05) is 6.61 Å². The van der Waals surface area contributed by atoms with E-state index in [1.54, 1.807) is 4.40 Å². The largest absolute Gasteiger partial charge is 0.493 e. The maximum Gasteiger partial charge on any atom is 0.354 e. The van der Waals surface area contributed by atoms with Gasteiger partial charge in [0, 0.05) is 10.9 Å². The van der Waals surface area contributed by atoms with Crippen LogP contribution in [0.2, 0.25) is 0 Å². The standard InChI is InChI=1S/C14H12N2O3S/c1-2-19-12-6-4-3-5-9(12)11-8-20-14-15-7-10(13(17)18)16(11)14/h3-8H,2H2,1H3,(H,17,18). The van der Waals surface area contributed by atoms with Gasteiger partial charge in [-0.2, -0.15) is 0 Å². The number of hydrogen-bond acceptors (Lipinski definition) is 4. The molecular weight excluding hydrogens is 276 g/mol. The number of aromatic carboxylic acids is 1. The molecule has 0 fully saturated rings. The highest BCUT2D eigenvalue weighted by Crippen LogP contribution is 2.33. The van der Waals surface area contributed by atoms with Crippen molar-refractivity contribution in [3.05, 3.63) is 41.5 Å². The number of benzene rings is 1. The van der Waals surface area contributed by atoms with Gasteiger partial charge in [-0.3, -0.25) is 4.40 Å². The van der Waals surface area contributed by atoms with Crippen molar-refractivity contribution in [1.82, 2.24) is 9.38 Å². The molecule has 0 spiro atoms. The number of carboxylic acids is 1. The molecule has 102 valence electrons. The number of para-hydroxylation sites is 1. The van der Waals surface area contributed by atoms with E-state index in [-0.39, 0.29) is 5.69 Å². The van der Waals surface area contributed by atoms with E-state index in [9.17, 15) is 9.90 Å². The van der Waals surface area contributed by atoms with Gasteiger partial charge in [-0.1, -0.05) is 12.1 Å². The molecule has 1 N–H and O–H groups in total. The summed E-state index contributed by atoms with van der Waals surface area (Å²) in [6, 6.07) is 7.58. The second-order valence-electron chi connectivity index (χ2n) is 4.12. The zero-order valence-corrected chi connectivity index (χ0v) is 11.6. The van der Waals surface area contributed by atoms with E-state index in [1.807, 2.05) is 36.6 Å². The molecule has 1 aromatic carbocycles. The number of imidazole rings is 1. The molecule has 0 radical (unpaired) electrons. The number of thiazole rings is 1. The lowest BCUT2D eigenvalue weighted by Gasteiger charge is -2.09. The van der Waals surface area contributed by atoms with E-state index in [0.717, 1.165) is 17.0 Å². The van der Waals surface area contributed by atoms with Crippen molar-refractivity contribution in [3.8, 4) is 17.0 Å². The summed E-state index contributed by atoms with van der Waals surface area (Å²) in [6.45, 7) is 2.47. The molecule has 6 heteroatoms. The quantitative estimate of drug-likeness (QED) is 0.801. The second-order valence-corrected chi connectivity index (χ2v) is 4.95. The zero-order valence-electron chi connectivity index (χ0n) is 10.7. The zero-order chi connectivity index (χ0) is 14.1. The Morgan fingerprint density at radius 1 is 1.45 bits per heavy atom. The lowest BCUT2D eigenvalue weighted by atomic mass is 10.1. The molecule has 0 unspecified atom stereocenters. The molecule has 0 atom stereocenters. The third-order valence-electron chi connectivity index (χ3n) is 2.93. The minimum absolute atomic E-state index is 0.155. The van der Waals surface area contributed by atoms with Crippen molar-refractivity contribution in [3.63, 3.8) is 0 Å². The molecule has 3 rings (SSSR count). The van der Waals surface area contributed by atoms with Gasteiger partial charge in [0.15, 0.2) is 10.7 Å². The van der Waals surface area contributed by atoms with Crippen LogP contribution < -0.4 is 4.74 Å². The molecule has 2 heterocycles. The fourth-order valence-corrected chi connectivity index (χ4v) is 2.97. The van der Waals surface area contributed by atoms with Gasteiger partial charge in [0.1, 0.15) is 5.75 Å². The van der Waals surface area contributed by atoms with Gasteiger partial charge < -0.3 is 9.84 Å². The van der Waals surface area contributed by atoms with Crippen LogP contribution in [0.1, 0.15) is 17.4 Å². The van der Waals surface area contributed by atoms with E-state index in [1.165, 1.54) is 17.5 Å². The summed E-state index contributed by atoms with van der Waals surface area (Å²) in [4.78, 5) is 16.1. The fraction of sp³-hybridized carbons (Fsp3) is 0.143. The third-order valence-corrected chi connectivity index (χ3v) is 3.77. The molecule has 0 aliphatic heterocycles. The summed E-state index contributed by atoms with van der Waals surface area (Å²) >= 11 is 1.41. The Balaban J connectivity index is 2.24. The molecule has 5 nitrogen and oxygen atoms in total. The van der Waals surface area contributed by atoms with E-state index >= 15 is 0 Å². The van der Waals surface area contributed by atoms with Crippen LogP contribution in [0.4, 0.5) is 0 Å². The van der Waals surface area contributed by atoms with Crippen LogP contribution in [0.3, 0.4) is 0 Å². The van der Waals surface area contributed by atoms with E-state index in [4.69, 9.17) is 4.74 Å². The number of hydrogen-bond donors (Lipinski definition) is 1. The summed E-state index contributed by atoms with van der Waals surface area (Å²) in [5.41, 5.74) is 1.80. The SMILES string of the molecule is CCOc1ccccc1-c1csc2ncc(C(=O)O)n12. The number of carbonyl (C=O) groups is 1. The molecule has 0 amide bonds. The summed E-state index contributed by atoms with van der Waals surface area (Å²) < 4.78 is 7.25. The van der Waals surface area contributed by atoms with Crippen molar-refractivity contribution in [1.29, 1.82) is 0 Å². The normalized spacial score (nSPS) is 10.8. The number of rotatable bonds is 4. The van der Waals surface area contributed by atoms with Crippen LogP contribution >= 0.6 is 11.3 Å². The predicted molar refractivity (Wildman–Crippen MR) is 76.6 cm³/mol. The van der Waals surface area contributed by atoms with Gasteiger partial charge in [-0.15, -0.1) is 11.3 Å². The van der Waals surface area contributed by atoms with Crippen molar-refractivity contribution < 1.29 is 14.6 Å². The molecular formula is C14H12N2O3S. The molecule has 2 aromatic heterocycles. The highest BCUT2D eigenvalue weighted by Gasteiger charge is 2.18. The molecule has 3 aromatic rings. The Bertz CT molecular complexity index is 776. The smallest absolute Gasteiger partial charge is 0.354 e. The van der Waals surface area contributed by atoms with Gasteiger partial charge in [0.2, 0.25) is 0 Å². The molecule has 0 bridgehead atoms. The molecule has 0 saturated carbocycles. The monoisotopic (exact) mass is 288 g/mol. The van der Waals surface area contributed by atoms with Crippen molar-refractivity contribution in [2.24, 2.45) is 0 Å². The minimum atomic E-state index is -0.994. The number of fused-ring (bicyclic) bond motifs is 1. The Kier molecular flexibility index (Phi) is 3.15. The Morgan fingerprint density at radius 2 is 2.25 bits per heavy atom. The Hall–Kier alpha value is -2.34. The fourth-order valence-electron chi connectivity index (χ4n) is 2.11. The average molecular weight is 288 g/mol. The topological polar surface area (TPSA) is 63.8 Å². The minimum Gasteiger partial charge on any atom is -0.493 e. The van der Waals surface area contributed by atoms with E-state index < -0.39 is 5.97 Å². The highest BCUT2D eigenvalue weighted by atomic mass is 32.1. The van der Waals surface area contributed by atoms with Crippen LogP contribution in [-0.2, 0) is 0 Å². The predicted octanol–water partition coefficient (Wildman–Crippen LogP) is 3.16. The average Bonchev–Trinajstić information content (AvgIpc) is 3.01. The summed E-state index contributed by atoms with van der Waals surface area (Å²) in [6.07, 6.45) is 1.38. The Labute approximate surface area is 119 Å². The first-order valence-corrected chi connectivity index (χ1v) is 7.00. The second kappa shape index (κ2) is 4.97.